The van der Waals surface area contributed by atoms with Crippen molar-refractivity contribution < 1.29 is 14.4 Å². The van der Waals surface area contributed by atoms with Crippen molar-refractivity contribution in [2.24, 2.45) is 5.16 Å². The monoisotopic (exact) mass is 270 g/mol. The molecule has 0 aromatic carbocycles. The Morgan fingerprint density at radius 1 is 1.56 bits per heavy atom. The van der Waals surface area contributed by atoms with Crippen LogP contribution < -0.4 is 0 Å². The predicted octanol–water partition coefficient (Wildman–Crippen LogP) is 1.34. The van der Waals surface area contributed by atoms with Gasteiger partial charge in [0.2, 0.25) is 0 Å². The summed E-state index contributed by atoms with van der Waals surface area (Å²) in [4.78, 5) is 16.6. The molecule has 0 fully saturated rings. The standard InChI is InChI=1S/C10H14N4O3S/c1-10(2)4-7(13-17-10)18-5-6-8(9(15)16-3)12-14-11-6/h4-5H2,1-3H3,(H,11,12,14). The predicted molar refractivity (Wildman–Crippen MR) is 66.2 cm³/mol. The Balaban J connectivity index is 1.95. The van der Waals surface area contributed by atoms with Crippen molar-refractivity contribution in [3.63, 3.8) is 0 Å². The molecule has 1 aliphatic heterocycles. The highest BCUT2D eigenvalue weighted by Crippen LogP contribution is 2.29. The molecular formula is C10H14N4O3S. The van der Waals surface area contributed by atoms with Crippen LogP contribution in [-0.2, 0) is 15.3 Å². The lowest BCUT2D eigenvalue weighted by Gasteiger charge is -2.12. The number of thioether (sulfide) groups is 1. The molecule has 0 radical (unpaired) electrons. The summed E-state index contributed by atoms with van der Waals surface area (Å²) in [5, 5.41) is 15.0. The Morgan fingerprint density at radius 2 is 2.33 bits per heavy atom. The van der Waals surface area contributed by atoms with Crippen molar-refractivity contribution in [2.45, 2.75) is 31.6 Å². The molecule has 98 valence electrons. The lowest BCUT2D eigenvalue weighted by Crippen LogP contribution is -2.18. The van der Waals surface area contributed by atoms with E-state index in [0.29, 0.717) is 11.4 Å². The fourth-order valence-corrected chi connectivity index (χ4v) is 2.49. The molecule has 0 bridgehead atoms. The van der Waals surface area contributed by atoms with Gasteiger partial charge in [0.05, 0.1) is 7.11 Å². The second-order valence-corrected chi connectivity index (χ2v) is 5.46. The minimum absolute atomic E-state index is 0.212. The maximum atomic E-state index is 11.4. The number of carbonyl (C=O) groups excluding carboxylic acids is 1. The molecule has 7 nitrogen and oxygen atoms in total. The van der Waals surface area contributed by atoms with E-state index < -0.39 is 5.97 Å². The summed E-state index contributed by atoms with van der Waals surface area (Å²) in [5.41, 5.74) is 0.514. The molecule has 18 heavy (non-hydrogen) atoms. The van der Waals surface area contributed by atoms with E-state index in [-0.39, 0.29) is 11.3 Å². The number of nitrogens with zero attached hydrogens (tertiary/aromatic N) is 3. The average Bonchev–Trinajstić information content (AvgIpc) is 2.91. The first-order valence-corrected chi connectivity index (χ1v) is 6.36. The van der Waals surface area contributed by atoms with Crippen LogP contribution in [0.2, 0.25) is 0 Å². The van der Waals surface area contributed by atoms with Crippen LogP contribution in [-0.4, -0.2) is 39.1 Å². The number of H-pyrrole nitrogens is 1. The third-order valence-corrected chi connectivity index (χ3v) is 3.32. The number of methoxy groups -OCH3 is 1. The van der Waals surface area contributed by atoms with Gasteiger partial charge in [-0.3, -0.25) is 0 Å². The van der Waals surface area contributed by atoms with Crippen LogP contribution >= 0.6 is 11.8 Å². The van der Waals surface area contributed by atoms with E-state index in [2.05, 4.69) is 25.3 Å². The molecule has 2 rings (SSSR count). The van der Waals surface area contributed by atoms with Gasteiger partial charge in [0.15, 0.2) is 5.69 Å². The molecule has 0 saturated heterocycles. The zero-order chi connectivity index (χ0) is 13.2. The molecule has 8 heteroatoms. The fraction of sp³-hybridized carbons (Fsp3) is 0.600. The Kier molecular flexibility index (Phi) is 3.55. The van der Waals surface area contributed by atoms with E-state index in [0.717, 1.165) is 11.5 Å². The molecule has 1 aromatic heterocycles. The Bertz CT molecular complexity index is 483. The SMILES string of the molecule is COC(=O)c1n[nH]nc1CSC1=NOC(C)(C)C1. The number of nitrogens with one attached hydrogen (secondary N) is 1. The number of hydrogen-bond donors (Lipinski definition) is 1. The van der Waals surface area contributed by atoms with Gasteiger partial charge in [-0.1, -0.05) is 5.16 Å². The largest absolute Gasteiger partial charge is 0.464 e. The van der Waals surface area contributed by atoms with Crippen molar-refractivity contribution in [1.82, 2.24) is 15.4 Å². The molecule has 0 atom stereocenters. The second kappa shape index (κ2) is 4.97. The number of ether oxygens (including phenoxy) is 1. The maximum Gasteiger partial charge on any atom is 0.360 e. The summed E-state index contributed by atoms with van der Waals surface area (Å²) in [5.74, 6) is 0.00319. The zero-order valence-electron chi connectivity index (χ0n) is 10.4. The summed E-state index contributed by atoms with van der Waals surface area (Å²) >= 11 is 1.48. The smallest absolute Gasteiger partial charge is 0.360 e. The highest BCUT2D eigenvalue weighted by atomic mass is 32.2. The van der Waals surface area contributed by atoms with Gasteiger partial charge in [0.25, 0.3) is 0 Å². The lowest BCUT2D eigenvalue weighted by molar-refractivity contribution is 0.0123. The molecule has 0 amide bonds. The number of esters is 1. The molecular weight excluding hydrogens is 256 g/mol. The first-order valence-electron chi connectivity index (χ1n) is 5.37. The normalized spacial score (nSPS) is 17.2. The van der Waals surface area contributed by atoms with Gasteiger partial charge in [0.1, 0.15) is 16.3 Å². The van der Waals surface area contributed by atoms with Crippen LogP contribution in [0.15, 0.2) is 5.16 Å². The van der Waals surface area contributed by atoms with Crippen molar-refractivity contribution in [3.8, 4) is 0 Å². The van der Waals surface area contributed by atoms with E-state index in [9.17, 15) is 4.79 Å². The Morgan fingerprint density at radius 3 is 2.94 bits per heavy atom. The van der Waals surface area contributed by atoms with Gasteiger partial charge < -0.3 is 9.57 Å². The summed E-state index contributed by atoms with van der Waals surface area (Å²) in [6, 6.07) is 0. The van der Waals surface area contributed by atoms with E-state index in [1.807, 2.05) is 13.8 Å². The topological polar surface area (TPSA) is 89.5 Å². The van der Waals surface area contributed by atoms with Gasteiger partial charge in [-0.2, -0.15) is 10.3 Å². The maximum absolute atomic E-state index is 11.4. The molecule has 1 aromatic rings. The highest BCUT2D eigenvalue weighted by molar-refractivity contribution is 8.13. The molecule has 0 spiro atoms. The zero-order valence-corrected chi connectivity index (χ0v) is 11.2. The molecule has 1 aliphatic rings. The summed E-state index contributed by atoms with van der Waals surface area (Å²) in [7, 11) is 1.31. The average molecular weight is 270 g/mol. The number of rotatable bonds is 3. The highest BCUT2D eigenvalue weighted by Gasteiger charge is 2.29. The Hall–Kier alpha value is -1.57. The number of oxime groups is 1. The van der Waals surface area contributed by atoms with Crippen molar-refractivity contribution >= 4 is 22.8 Å². The molecule has 0 aliphatic carbocycles. The molecule has 2 heterocycles. The quantitative estimate of drug-likeness (QED) is 0.833. The van der Waals surface area contributed by atoms with Gasteiger partial charge in [0, 0.05) is 12.2 Å². The van der Waals surface area contributed by atoms with E-state index >= 15 is 0 Å². The summed E-state index contributed by atoms with van der Waals surface area (Å²) in [6.45, 7) is 3.94. The number of aromatic nitrogens is 3. The third kappa shape index (κ3) is 2.81. The van der Waals surface area contributed by atoms with E-state index in [1.54, 1.807) is 0 Å². The number of aromatic amines is 1. The second-order valence-electron chi connectivity index (χ2n) is 4.41. The van der Waals surface area contributed by atoms with Crippen LogP contribution in [0.3, 0.4) is 0 Å². The lowest BCUT2D eigenvalue weighted by atomic mass is 10.1. The molecule has 1 N–H and O–H groups in total. The third-order valence-electron chi connectivity index (χ3n) is 2.35. The fourth-order valence-electron chi connectivity index (χ4n) is 1.45. The van der Waals surface area contributed by atoms with Gasteiger partial charge in [-0.15, -0.1) is 16.9 Å². The number of carbonyl (C=O) groups is 1. The van der Waals surface area contributed by atoms with Crippen LogP contribution in [0.5, 0.6) is 0 Å². The summed E-state index contributed by atoms with van der Waals surface area (Å²) in [6.07, 6.45) is 0.753. The van der Waals surface area contributed by atoms with Crippen LogP contribution in [0.25, 0.3) is 0 Å². The number of hydrogen-bond acceptors (Lipinski definition) is 7. The van der Waals surface area contributed by atoms with Crippen molar-refractivity contribution in [2.75, 3.05) is 7.11 Å². The van der Waals surface area contributed by atoms with Crippen molar-refractivity contribution in [1.29, 1.82) is 0 Å². The molecule has 0 unspecified atom stereocenters. The van der Waals surface area contributed by atoms with Crippen LogP contribution in [0.1, 0.15) is 36.5 Å². The Labute approximate surface area is 108 Å². The van der Waals surface area contributed by atoms with Crippen LogP contribution in [0, 0.1) is 0 Å². The van der Waals surface area contributed by atoms with Gasteiger partial charge in [-0.05, 0) is 13.8 Å². The van der Waals surface area contributed by atoms with E-state index in [1.165, 1.54) is 18.9 Å². The first-order chi connectivity index (χ1) is 8.52. The minimum Gasteiger partial charge on any atom is -0.464 e. The summed E-state index contributed by atoms with van der Waals surface area (Å²) < 4.78 is 4.61. The van der Waals surface area contributed by atoms with E-state index in [4.69, 9.17) is 4.84 Å². The van der Waals surface area contributed by atoms with Gasteiger partial charge in [-0.25, -0.2) is 4.79 Å². The van der Waals surface area contributed by atoms with Crippen molar-refractivity contribution in [3.05, 3.63) is 11.4 Å². The van der Waals surface area contributed by atoms with Crippen LogP contribution in [0.4, 0.5) is 0 Å². The minimum atomic E-state index is -0.496. The first kappa shape index (κ1) is 12.9. The van der Waals surface area contributed by atoms with Gasteiger partial charge >= 0.3 is 5.97 Å². The molecule has 0 saturated carbocycles.